The summed E-state index contributed by atoms with van der Waals surface area (Å²) in [6.07, 6.45) is 7.09. The second kappa shape index (κ2) is 5.30. The van der Waals surface area contributed by atoms with Crippen molar-refractivity contribution in [3.05, 3.63) is 18.0 Å². The summed E-state index contributed by atoms with van der Waals surface area (Å²) in [4.78, 5) is 13.4. The van der Waals surface area contributed by atoms with Crippen LogP contribution in [0.5, 0.6) is 0 Å². The molecule has 110 valence electrons. The lowest BCUT2D eigenvalue weighted by Gasteiger charge is -2.38. The monoisotopic (exact) mass is 276 g/mol. The number of hydrogen-bond acceptors (Lipinski definition) is 5. The highest BCUT2D eigenvalue weighted by molar-refractivity contribution is 5.31. The third kappa shape index (κ3) is 2.65. The molecule has 20 heavy (non-hydrogen) atoms. The zero-order chi connectivity index (χ0) is 14.2. The van der Waals surface area contributed by atoms with Crippen LogP contribution in [-0.4, -0.2) is 60.3 Å². The predicted octanol–water partition coefficient (Wildman–Crippen LogP) is 1.47. The van der Waals surface area contributed by atoms with Gasteiger partial charge in [-0.2, -0.15) is 0 Å². The maximum absolute atomic E-state index is 6.15. The number of aryl methyl sites for hydroxylation is 1. The summed E-state index contributed by atoms with van der Waals surface area (Å²) in [7, 11) is 4.28. The standard InChI is InChI=1S/C15H24N4O/c1-12-9-16-14(17-10-12)19-6-4-15(5-7-19)8-13(11-20-15)18(2)3/h9-10,13H,4-8,11H2,1-3H3/t13-/m1/s1. The van der Waals surface area contributed by atoms with E-state index in [2.05, 4.69) is 33.9 Å². The highest BCUT2D eigenvalue weighted by Gasteiger charge is 2.43. The van der Waals surface area contributed by atoms with Gasteiger partial charge in [-0.3, -0.25) is 0 Å². The largest absolute Gasteiger partial charge is 0.373 e. The molecule has 1 aromatic heterocycles. The van der Waals surface area contributed by atoms with E-state index in [1.807, 2.05) is 19.3 Å². The molecule has 2 aliphatic rings. The molecule has 5 heteroatoms. The summed E-state index contributed by atoms with van der Waals surface area (Å²) in [6.45, 7) is 4.86. The molecule has 0 aliphatic carbocycles. The molecule has 0 radical (unpaired) electrons. The smallest absolute Gasteiger partial charge is 0.225 e. The van der Waals surface area contributed by atoms with E-state index >= 15 is 0 Å². The Morgan fingerprint density at radius 3 is 2.45 bits per heavy atom. The Labute approximate surface area is 121 Å². The normalized spacial score (nSPS) is 25.6. The van der Waals surface area contributed by atoms with Crippen molar-refractivity contribution >= 4 is 5.95 Å². The fraction of sp³-hybridized carbons (Fsp3) is 0.733. The van der Waals surface area contributed by atoms with Gasteiger partial charge in [0.25, 0.3) is 0 Å². The lowest BCUT2D eigenvalue weighted by atomic mass is 9.87. The molecular weight excluding hydrogens is 252 g/mol. The maximum atomic E-state index is 6.15. The fourth-order valence-electron chi connectivity index (χ4n) is 3.16. The lowest BCUT2D eigenvalue weighted by molar-refractivity contribution is -0.0157. The topological polar surface area (TPSA) is 41.5 Å². The van der Waals surface area contributed by atoms with Crippen LogP contribution in [0.1, 0.15) is 24.8 Å². The summed E-state index contributed by atoms with van der Waals surface area (Å²) in [5.41, 5.74) is 1.20. The van der Waals surface area contributed by atoms with Crippen molar-refractivity contribution in [3.8, 4) is 0 Å². The number of nitrogens with zero attached hydrogens (tertiary/aromatic N) is 4. The molecule has 0 unspecified atom stereocenters. The summed E-state index contributed by atoms with van der Waals surface area (Å²) in [6, 6.07) is 0.567. The number of hydrogen-bond donors (Lipinski definition) is 0. The van der Waals surface area contributed by atoms with Crippen LogP contribution in [0, 0.1) is 6.92 Å². The van der Waals surface area contributed by atoms with Crippen LogP contribution in [-0.2, 0) is 4.74 Å². The number of likely N-dealkylation sites (N-methyl/N-ethyl adjacent to an activating group) is 1. The summed E-state index contributed by atoms with van der Waals surface area (Å²) in [5.74, 6) is 0.854. The van der Waals surface area contributed by atoms with E-state index < -0.39 is 0 Å². The molecule has 2 aliphatic heterocycles. The Hall–Kier alpha value is -1.20. The Morgan fingerprint density at radius 1 is 1.25 bits per heavy atom. The second-order valence-electron chi connectivity index (χ2n) is 6.36. The van der Waals surface area contributed by atoms with Gasteiger partial charge in [0.15, 0.2) is 0 Å². The maximum Gasteiger partial charge on any atom is 0.225 e. The van der Waals surface area contributed by atoms with E-state index in [1.54, 1.807) is 0 Å². The van der Waals surface area contributed by atoms with E-state index in [9.17, 15) is 0 Å². The first kappa shape index (κ1) is 13.8. The molecule has 0 amide bonds. The number of aromatic nitrogens is 2. The van der Waals surface area contributed by atoms with Gasteiger partial charge in [-0.15, -0.1) is 0 Å². The first-order chi connectivity index (χ1) is 9.58. The van der Waals surface area contributed by atoms with Crippen LogP contribution >= 0.6 is 0 Å². The molecule has 3 heterocycles. The average molecular weight is 276 g/mol. The Morgan fingerprint density at radius 2 is 1.90 bits per heavy atom. The first-order valence-corrected chi connectivity index (χ1v) is 7.42. The van der Waals surface area contributed by atoms with Crippen LogP contribution < -0.4 is 4.90 Å². The van der Waals surface area contributed by atoms with Crippen LogP contribution in [0.15, 0.2) is 12.4 Å². The number of anilines is 1. The Balaban J connectivity index is 1.61. The van der Waals surface area contributed by atoms with E-state index in [0.717, 1.165) is 50.5 Å². The molecule has 0 saturated carbocycles. The van der Waals surface area contributed by atoms with Gasteiger partial charge in [-0.1, -0.05) is 0 Å². The van der Waals surface area contributed by atoms with Gasteiger partial charge in [0, 0.05) is 31.5 Å². The molecule has 2 fully saturated rings. The minimum absolute atomic E-state index is 0.0934. The Kier molecular flexibility index (Phi) is 3.65. The summed E-state index contributed by atoms with van der Waals surface area (Å²) in [5, 5.41) is 0. The highest BCUT2D eigenvalue weighted by Crippen LogP contribution is 2.37. The van der Waals surface area contributed by atoms with E-state index in [-0.39, 0.29) is 5.60 Å². The molecule has 1 atom stereocenters. The van der Waals surface area contributed by atoms with Crippen LogP contribution in [0.2, 0.25) is 0 Å². The molecule has 1 aromatic rings. The van der Waals surface area contributed by atoms with Crippen LogP contribution in [0.25, 0.3) is 0 Å². The van der Waals surface area contributed by atoms with Crippen LogP contribution in [0.3, 0.4) is 0 Å². The van der Waals surface area contributed by atoms with Crippen molar-refractivity contribution in [2.75, 3.05) is 38.7 Å². The SMILES string of the molecule is Cc1cnc(N2CCC3(CC2)C[C@@H](N(C)C)CO3)nc1. The van der Waals surface area contributed by atoms with Gasteiger partial charge >= 0.3 is 0 Å². The molecule has 1 spiro atoms. The van der Waals surface area contributed by atoms with Crippen LogP contribution in [0.4, 0.5) is 5.95 Å². The van der Waals surface area contributed by atoms with Crippen molar-refractivity contribution in [1.29, 1.82) is 0 Å². The number of rotatable bonds is 2. The van der Waals surface area contributed by atoms with Gasteiger partial charge in [-0.25, -0.2) is 9.97 Å². The van der Waals surface area contributed by atoms with E-state index in [4.69, 9.17) is 4.74 Å². The highest BCUT2D eigenvalue weighted by atomic mass is 16.5. The van der Waals surface area contributed by atoms with Crippen molar-refractivity contribution in [2.24, 2.45) is 0 Å². The van der Waals surface area contributed by atoms with E-state index in [1.165, 1.54) is 0 Å². The minimum Gasteiger partial charge on any atom is -0.373 e. The molecule has 0 bridgehead atoms. The van der Waals surface area contributed by atoms with Crippen molar-refractivity contribution in [2.45, 2.75) is 37.8 Å². The fourth-order valence-corrected chi connectivity index (χ4v) is 3.16. The quantitative estimate of drug-likeness (QED) is 0.818. The number of ether oxygens (including phenoxy) is 1. The third-order valence-electron chi connectivity index (χ3n) is 4.64. The lowest BCUT2D eigenvalue weighted by Crippen LogP contribution is -2.45. The molecule has 0 aromatic carbocycles. The van der Waals surface area contributed by atoms with Crippen molar-refractivity contribution in [3.63, 3.8) is 0 Å². The molecule has 2 saturated heterocycles. The third-order valence-corrected chi connectivity index (χ3v) is 4.64. The molecule has 0 N–H and O–H groups in total. The first-order valence-electron chi connectivity index (χ1n) is 7.42. The summed E-state index contributed by atoms with van der Waals surface area (Å²) >= 11 is 0. The number of piperidine rings is 1. The van der Waals surface area contributed by atoms with Gasteiger partial charge in [0.05, 0.1) is 12.2 Å². The summed E-state index contributed by atoms with van der Waals surface area (Å²) < 4.78 is 6.15. The minimum atomic E-state index is 0.0934. The predicted molar refractivity (Wildman–Crippen MR) is 79.0 cm³/mol. The average Bonchev–Trinajstić information content (AvgIpc) is 2.85. The molecule has 3 rings (SSSR count). The Bertz CT molecular complexity index is 451. The van der Waals surface area contributed by atoms with Gasteiger partial charge in [0.1, 0.15) is 0 Å². The van der Waals surface area contributed by atoms with Crippen molar-refractivity contribution in [1.82, 2.24) is 14.9 Å². The van der Waals surface area contributed by atoms with E-state index in [0.29, 0.717) is 6.04 Å². The van der Waals surface area contributed by atoms with Gasteiger partial charge in [0.2, 0.25) is 5.95 Å². The zero-order valence-corrected chi connectivity index (χ0v) is 12.7. The molecule has 5 nitrogen and oxygen atoms in total. The van der Waals surface area contributed by atoms with Gasteiger partial charge in [-0.05, 0) is 45.8 Å². The van der Waals surface area contributed by atoms with Gasteiger partial charge < -0.3 is 14.5 Å². The second-order valence-corrected chi connectivity index (χ2v) is 6.36. The van der Waals surface area contributed by atoms with Crippen molar-refractivity contribution < 1.29 is 4.74 Å². The molecular formula is C15H24N4O. The zero-order valence-electron chi connectivity index (χ0n) is 12.7.